The van der Waals surface area contributed by atoms with E-state index >= 15 is 0 Å². The predicted molar refractivity (Wildman–Crippen MR) is 38.8 cm³/mol. The first-order valence-electron chi connectivity index (χ1n) is 3.65. The van der Waals surface area contributed by atoms with Crippen LogP contribution in [0.25, 0.3) is 0 Å². The van der Waals surface area contributed by atoms with E-state index in [-0.39, 0.29) is 5.92 Å². The molecule has 1 amide bonds. The zero-order chi connectivity index (χ0) is 8.65. The van der Waals surface area contributed by atoms with Crippen LogP contribution in [-0.4, -0.2) is 34.4 Å². The van der Waals surface area contributed by atoms with Gasteiger partial charge in [0.2, 0.25) is 0 Å². The molecule has 1 rings (SSSR count). The number of nitrogens with one attached hydrogen (secondary N) is 1. The van der Waals surface area contributed by atoms with Crippen LogP contribution in [0.5, 0.6) is 0 Å². The molecule has 0 bridgehead atoms. The number of piperidine rings is 1. The monoisotopic (exact) mass is 159 g/mol. The maximum absolute atomic E-state index is 11.0. The Hall–Kier alpha value is -0.610. The van der Waals surface area contributed by atoms with Crippen LogP contribution in [0.15, 0.2) is 0 Å². The van der Waals surface area contributed by atoms with Gasteiger partial charge in [-0.05, 0) is 6.92 Å². The summed E-state index contributed by atoms with van der Waals surface area (Å²) in [7, 11) is 0. The van der Waals surface area contributed by atoms with E-state index in [4.69, 9.17) is 0 Å². The van der Waals surface area contributed by atoms with E-state index in [1.54, 1.807) is 6.92 Å². The zero-order valence-corrected chi connectivity index (χ0v) is 6.66. The molecule has 3 N–H and O–H groups in total. The lowest BCUT2D eigenvalue weighted by atomic mass is 9.85. The molecule has 0 aromatic heterocycles. The molecule has 1 aliphatic rings. The molecule has 0 radical (unpaired) electrons. The Balaban J connectivity index is 2.80. The van der Waals surface area contributed by atoms with Crippen LogP contribution < -0.4 is 5.32 Å². The van der Waals surface area contributed by atoms with E-state index in [1.165, 1.54) is 6.92 Å². The third kappa shape index (κ3) is 1.23. The maximum atomic E-state index is 11.0. The molecular formula is C7H13NO3. The second kappa shape index (κ2) is 2.46. The highest BCUT2D eigenvalue weighted by molar-refractivity contribution is 5.86. The van der Waals surface area contributed by atoms with Crippen molar-refractivity contribution in [1.82, 2.24) is 5.32 Å². The minimum absolute atomic E-state index is 0.0947. The Kier molecular flexibility index (Phi) is 1.90. The molecule has 0 aromatic carbocycles. The van der Waals surface area contributed by atoms with Crippen LogP contribution in [0.4, 0.5) is 0 Å². The highest BCUT2D eigenvalue weighted by atomic mass is 16.4. The van der Waals surface area contributed by atoms with Crippen LogP contribution >= 0.6 is 0 Å². The second-order valence-corrected chi connectivity index (χ2v) is 3.28. The molecule has 3 atom stereocenters. The van der Waals surface area contributed by atoms with Gasteiger partial charge in [0, 0.05) is 12.5 Å². The molecule has 4 heteroatoms. The van der Waals surface area contributed by atoms with Gasteiger partial charge in [-0.1, -0.05) is 6.92 Å². The second-order valence-electron chi connectivity index (χ2n) is 3.28. The molecule has 11 heavy (non-hydrogen) atoms. The summed E-state index contributed by atoms with van der Waals surface area (Å²) >= 11 is 0. The summed E-state index contributed by atoms with van der Waals surface area (Å²) in [4.78, 5) is 11.0. The Morgan fingerprint density at radius 3 is 2.73 bits per heavy atom. The standard InChI is InChI=1S/C7H13NO3/c1-4-3-8-6(10)7(2,11)5(4)9/h4-5,9,11H,3H2,1-2H3,(H,8,10)/t4-,5?,7?/m1/s1. The molecule has 1 heterocycles. The molecule has 4 nitrogen and oxygen atoms in total. The van der Waals surface area contributed by atoms with Crippen molar-refractivity contribution in [3.63, 3.8) is 0 Å². The average Bonchev–Trinajstić information content (AvgIpc) is 1.95. The molecule has 1 aliphatic heterocycles. The fraction of sp³-hybridized carbons (Fsp3) is 0.857. The molecule has 0 spiro atoms. The fourth-order valence-electron chi connectivity index (χ4n) is 1.23. The lowest BCUT2D eigenvalue weighted by Crippen LogP contribution is -2.61. The van der Waals surface area contributed by atoms with E-state index in [1.807, 2.05) is 0 Å². The van der Waals surface area contributed by atoms with Gasteiger partial charge in [0.1, 0.15) is 0 Å². The molecule has 0 aromatic rings. The van der Waals surface area contributed by atoms with Crippen LogP contribution in [0.2, 0.25) is 0 Å². The van der Waals surface area contributed by atoms with Crippen LogP contribution in [0.3, 0.4) is 0 Å². The fourth-order valence-corrected chi connectivity index (χ4v) is 1.23. The molecule has 1 saturated heterocycles. The summed E-state index contributed by atoms with van der Waals surface area (Å²) in [6.45, 7) is 3.53. The van der Waals surface area contributed by atoms with E-state index in [0.29, 0.717) is 6.54 Å². The number of aliphatic hydroxyl groups excluding tert-OH is 1. The van der Waals surface area contributed by atoms with Crippen molar-refractivity contribution in [1.29, 1.82) is 0 Å². The SMILES string of the molecule is C[C@@H]1CNC(=O)C(C)(O)C1O. The van der Waals surface area contributed by atoms with Gasteiger partial charge in [-0.25, -0.2) is 0 Å². The maximum Gasteiger partial charge on any atom is 0.254 e. The Bertz CT molecular complexity index is 179. The predicted octanol–water partition coefficient (Wildman–Crippen LogP) is -1.14. The molecule has 64 valence electrons. The smallest absolute Gasteiger partial charge is 0.254 e. The van der Waals surface area contributed by atoms with Crippen molar-refractivity contribution in [3.8, 4) is 0 Å². The number of hydrogen-bond acceptors (Lipinski definition) is 3. The summed E-state index contributed by atoms with van der Waals surface area (Å²) in [6, 6.07) is 0. The van der Waals surface area contributed by atoms with E-state index in [2.05, 4.69) is 5.32 Å². The van der Waals surface area contributed by atoms with E-state index in [0.717, 1.165) is 0 Å². The van der Waals surface area contributed by atoms with Crippen molar-refractivity contribution >= 4 is 5.91 Å². The van der Waals surface area contributed by atoms with E-state index < -0.39 is 17.6 Å². The van der Waals surface area contributed by atoms with Gasteiger partial charge in [0.05, 0.1) is 6.10 Å². The number of carbonyl (C=O) groups excluding carboxylic acids is 1. The molecule has 2 unspecified atom stereocenters. The first-order valence-corrected chi connectivity index (χ1v) is 3.65. The third-order valence-electron chi connectivity index (χ3n) is 2.16. The Morgan fingerprint density at radius 2 is 2.27 bits per heavy atom. The molecule has 0 aliphatic carbocycles. The van der Waals surface area contributed by atoms with Crippen LogP contribution in [0.1, 0.15) is 13.8 Å². The van der Waals surface area contributed by atoms with Gasteiger partial charge in [-0.2, -0.15) is 0 Å². The number of aliphatic hydroxyl groups is 2. The van der Waals surface area contributed by atoms with Crippen LogP contribution in [-0.2, 0) is 4.79 Å². The van der Waals surface area contributed by atoms with Crippen molar-refractivity contribution in [2.45, 2.75) is 25.6 Å². The normalized spacial score (nSPS) is 45.3. The quantitative estimate of drug-likeness (QED) is 0.418. The minimum Gasteiger partial charge on any atom is -0.389 e. The van der Waals surface area contributed by atoms with Crippen LogP contribution in [0, 0.1) is 5.92 Å². The lowest BCUT2D eigenvalue weighted by Gasteiger charge is -2.36. The van der Waals surface area contributed by atoms with Crippen molar-refractivity contribution in [2.24, 2.45) is 5.92 Å². The van der Waals surface area contributed by atoms with Gasteiger partial charge in [-0.3, -0.25) is 4.79 Å². The van der Waals surface area contributed by atoms with Gasteiger partial charge >= 0.3 is 0 Å². The molecular weight excluding hydrogens is 146 g/mol. The summed E-state index contributed by atoms with van der Waals surface area (Å²) in [5.74, 6) is -0.592. The third-order valence-corrected chi connectivity index (χ3v) is 2.16. The average molecular weight is 159 g/mol. The number of rotatable bonds is 0. The number of amides is 1. The molecule has 0 saturated carbocycles. The first kappa shape index (κ1) is 8.49. The number of carbonyl (C=O) groups is 1. The lowest BCUT2D eigenvalue weighted by molar-refractivity contribution is -0.161. The largest absolute Gasteiger partial charge is 0.389 e. The van der Waals surface area contributed by atoms with Crippen molar-refractivity contribution < 1.29 is 15.0 Å². The van der Waals surface area contributed by atoms with Gasteiger partial charge < -0.3 is 15.5 Å². The number of hydrogen-bond donors (Lipinski definition) is 3. The summed E-state index contributed by atoms with van der Waals surface area (Å²) in [5.41, 5.74) is -1.63. The summed E-state index contributed by atoms with van der Waals surface area (Å²) in [5, 5.41) is 21.3. The van der Waals surface area contributed by atoms with E-state index in [9.17, 15) is 15.0 Å². The molecule has 1 fully saturated rings. The zero-order valence-electron chi connectivity index (χ0n) is 6.66. The van der Waals surface area contributed by atoms with Crippen molar-refractivity contribution in [3.05, 3.63) is 0 Å². The van der Waals surface area contributed by atoms with Gasteiger partial charge in [0.15, 0.2) is 5.60 Å². The first-order chi connectivity index (χ1) is 4.96. The Labute approximate surface area is 65.2 Å². The van der Waals surface area contributed by atoms with Crippen molar-refractivity contribution in [2.75, 3.05) is 6.54 Å². The highest BCUT2D eigenvalue weighted by Crippen LogP contribution is 2.21. The summed E-state index contributed by atoms with van der Waals surface area (Å²) < 4.78 is 0. The van der Waals surface area contributed by atoms with Gasteiger partial charge in [-0.15, -0.1) is 0 Å². The topological polar surface area (TPSA) is 69.6 Å². The highest BCUT2D eigenvalue weighted by Gasteiger charge is 2.44. The Morgan fingerprint density at radius 1 is 1.73 bits per heavy atom. The minimum atomic E-state index is -1.63. The summed E-state index contributed by atoms with van der Waals surface area (Å²) in [6.07, 6.45) is -0.962. The van der Waals surface area contributed by atoms with Gasteiger partial charge in [0.25, 0.3) is 5.91 Å².